The zero-order chi connectivity index (χ0) is 15.5. The molecule has 112 valence electrons. The van der Waals surface area contributed by atoms with Crippen LogP contribution in [0.5, 0.6) is 0 Å². The predicted octanol–water partition coefficient (Wildman–Crippen LogP) is 2.30. The van der Waals surface area contributed by atoms with Gasteiger partial charge in [-0.2, -0.15) is 0 Å². The number of amides is 1. The van der Waals surface area contributed by atoms with E-state index < -0.39 is 10.8 Å². The molecule has 0 unspecified atom stereocenters. The molecular weight excluding hydrogens is 298 g/mol. The van der Waals surface area contributed by atoms with E-state index in [1.807, 2.05) is 30.3 Å². The van der Waals surface area contributed by atoms with Crippen molar-refractivity contribution in [2.75, 3.05) is 11.7 Å². The Morgan fingerprint density at radius 2 is 2.05 bits per heavy atom. The lowest BCUT2D eigenvalue weighted by atomic mass is 10.1. The van der Waals surface area contributed by atoms with Crippen molar-refractivity contribution in [2.45, 2.75) is 5.75 Å². The van der Waals surface area contributed by atoms with Crippen molar-refractivity contribution in [3.8, 4) is 0 Å². The number of rotatable bonds is 4. The van der Waals surface area contributed by atoms with Crippen molar-refractivity contribution in [3.63, 3.8) is 0 Å². The van der Waals surface area contributed by atoms with Crippen LogP contribution in [0.3, 0.4) is 0 Å². The Balaban J connectivity index is 1.84. The Bertz CT molecular complexity index is 857. The second-order valence-electron chi connectivity index (χ2n) is 4.96. The summed E-state index contributed by atoms with van der Waals surface area (Å²) in [4.78, 5) is 16.6. The van der Waals surface area contributed by atoms with Crippen molar-refractivity contribution in [1.29, 1.82) is 0 Å². The van der Waals surface area contributed by atoms with E-state index in [1.54, 1.807) is 35.5 Å². The van der Waals surface area contributed by atoms with Gasteiger partial charge in [0.1, 0.15) is 6.33 Å². The topological polar surface area (TPSA) is 64.0 Å². The monoisotopic (exact) mass is 313 g/mol. The molecule has 1 atom stereocenters. The third-order valence-electron chi connectivity index (χ3n) is 3.23. The lowest BCUT2D eigenvalue weighted by molar-refractivity contribution is 0.101. The van der Waals surface area contributed by atoms with Crippen molar-refractivity contribution < 1.29 is 9.00 Å². The van der Waals surface area contributed by atoms with Crippen LogP contribution < -0.4 is 5.43 Å². The molecule has 0 aliphatic carbocycles. The van der Waals surface area contributed by atoms with Crippen LogP contribution in [0.4, 0.5) is 0 Å². The SMILES string of the molecule is C[S@@](=O)Cc1cccc(C(=O)Nn2cnc3ccccc32)c1. The van der Waals surface area contributed by atoms with Crippen LogP contribution in [0.2, 0.25) is 0 Å². The predicted molar refractivity (Wildman–Crippen MR) is 87.6 cm³/mol. The minimum absolute atomic E-state index is 0.230. The molecule has 5 nitrogen and oxygen atoms in total. The van der Waals surface area contributed by atoms with Gasteiger partial charge >= 0.3 is 0 Å². The van der Waals surface area contributed by atoms with Crippen molar-refractivity contribution in [1.82, 2.24) is 9.66 Å². The molecule has 0 bridgehead atoms. The summed E-state index contributed by atoms with van der Waals surface area (Å²) in [7, 11) is -0.935. The molecule has 2 aromatic carbocycles. The second kappa shape index (κ2) is 6.11. The fourth-order valence-electron chi connectivity index (χ4n) is 2.26. The standard InChI is InChI=1S/C16H15N3O2S/c1-22(21)10-12-5-4-6-13(9-12)16(20)18-19-11-17-14-7-2-3-8-15(14)19/h2-9,11H,10H2,1H3,(H,18,20)/t22-/m1/s1. The van der Waals surface area contributed by atoms with Gasteiger partial charge in [0.15, 0.2) is 0 Å². The van der Waals surface area contributed by atoms with Gasteiger partial charge < -0.3 is 0 Å². The normalized spacial score (nSPS) is 12.2. The number of benzene rings is 2. The summed E-state index contributed by atoms with van der Waals surface area (Å²) in [6.45, 7) is 0. The van der Waals surface area contributed by atoms with E-state index in [1.165, 1.54) is 0 Å². The van der Waals surface area contributed by atoms with Gasteiger partial charge in [-0.15, -0.1) is 0 Å². The van der Waals surface area contributed by atoms with Crippen molar-refractivity contribution in [2.24, 2.45) is 0 Å². The molecule has 0 saturated carbocycles. The second-order valence-corrected chi connectivity index (χ2v) is 6.40. The van der Waals surface area contributed by atoms with Crippen LogP contribution >= 0.6 is 0 Å². The third-order valence-corrected chi connectivity index (χ3v) is 3.97. The van der Waals surface area contributed by atoms with Crippen molar-refractivity contribution >= 4 is 27.7 Å². The van der Waals surface area contributed by atoms with Gasteiger partial charge in [0.25, 0.3) is 5.91 Å². The summed E-state index contributed by atoms with van der Waals surface area (Å²) >= 11 is 0. The number of fused-ring (bicyclic) bond motifs is 1. The number of hydrogen-bond acceptors (Lipinski definition) is 3. The number of hydrogen-bond donors (Lipinski definition) is 1. The minimum atomic E-state index is -0.935. The molecule has 3 rings (SSSR count). The van der Waals surface area contributed by atoms with E-state index >= 15 is 0 Å². The maximum absolute atomic E-state index is 12.4. The van der Waals surface area contributed by atoms with Gasteiger partial charge in [-0.25, -0.2) is 9.66 Å². The molecule has 6 heteroatoms. The van der Waals surface area contributed by atoms with Gasteiger partial charge in [0.2, 0.25) is 0 Å². The summed E-state index contributed by atoms with van der Waals surface area (Å²) in [6.07, 6.45) is 3.22. The van der Waals surface area contributed by atoms with Crippen LogP contribution in [0.15, 0.2) is 54.9 Å². The number of imidazole rings is 1. The Labute approximate surface area is 130 Å². The maximum Gasteiger partial charge on any atom is 0.270 e. The molecule has 1 aromatic heterocycles. The van der Waals surface area contributed by atoms with Gasteiger partial charge in [-0.05, 0) is 29.8 Å². The minimum Gasteiger partial charge on any atom is -0.267 e. The number of carbonyl (C=O) groups is 1. The highest BCUT2D eigenvalue weighted by Gasteiger charge is 2.09. The first-order valence-electron chi connectivity index (χ1n) is 6.76. The molecule has 1 amide bonds. The number of aromatic nitrogens is 2. The highest BCUT2D eigenvalue weighted by molar-refractivity contribution is 7.83. The fourth-order valence-corrected chi connectivity index (χ4v) is 2.91. The molecule has 0 aliphatic rings. The van der Waals surface area contributed by atoms with Gasteiger partial charge in [0, 0.05) is 28.4 Å². The van der Waals surface area contributed by atoms with Crippen molar-refractivity contribution in [3.05, 3.63) is 66.0 Å². The molecule has 0 saturated heterocycles. The molecule has 0 fully saturated rings. The van der Waals surface area contributed by atoms with Crippen LogP contribution in [-0.4, -0.2) is 26.0 Å². The van der Waals surface area contributed by atoms with Crippen LogP contribution in [0, 0.1) is 0 Å². The lowest BCUT2D eigenvalue weighted by Crippen LogP contribution is -2.22. The molecule has 0 radical (unpaired) electrons. The summed E-state index contributed by atoms with van der Waals surface area (Å²) in [5.41, 5.74) is 5.86. The molecule has 3 aromatic rings. The first-order chi connectivity index (χ1) is 10.6. The number of nitrogens with one attached hydrogen (secondary N) is 1. The third kappa shape index (κ3) is 3.07. The van der Waals surface area contributed by atoms with Crippen LogP contribution in [-0.2, 0) is 16.6 Å². The first kappa shape index (κ1) is 14.5. The highest BCUT2D eigenvalue weighted by Crippen LogP contribution is 2.12. The molecule has 1 heterocycles. The van der Waals surface area contributed by atoms with Crippen LogP contribution in [0.25, 0.3) is 11.0 Å². The Hall–Kier alpha value is -2.47. The zero-order valence-corrected chi connectivity index (χ0v) is 12.8. The molecule has 22 heavy (non-hydrogen) atoms. The Kier molecular flexibility index (Phi) is 4.02. The maximum atomic E-state index is 12.4. The lowest BCUT2D eigenvalue weighted by Gasteiger charge is -2.08. The zero-order valence-electron chi connectivity index (χ0n) is 12.0. The summed E-state index contributed by atoms with van der Waals surface area (Å²) in [6, 6.07) is 14.7. The highest BCUT2D eigenvalue weighted by atomic mass is 32.2. The van der Waals surface area contributed by atoms with Crippen LogP contribution in [0.1, 0.15) is 15.9 Å². The number of nitrogens with zero attached hydrogens (tertiary/aromatic N) is 2. The van der Waals surface area contributed by atoms with E-state index in [4.69, 9.17) is 0 Å². The summed E-state index contributed by atoms with van der Waals surface area (Å²) < 4.78 is 12.9. The van der Waals surface area contributed by atoms with E-state index in [2.05, 4.69) is 10.4 Å². The Morgan fingerprint density at radius 3 is 2.86 bits per heavy atom. The average Bonchev–Trinajstić information content (AvgIpc) is 2.90. The first-order valence-corrected chi connectivity index (χ1v) is 8.48. The average molecular weight is 313 g/mol. The molecular formula is C16H15N3O2S. The number of carbonyl (C=O) groups excluding carboxylic acids is 1. The largest absolute Gasteiger partial charge is 0.270 e. The summed E-state index contributed by atoms with van der Waals surface area (Å²) in [5, 5.41) is 0. The fraction of sp³-hybridized carbons (Fsp3) is 0.125. The van der Waals surface area contributed by atoms with E-state index in [-0.39, 0.29) is 5.91 Å². The Morgan fingerprint density at radius 1 is 1.23 bits per heavy atom. The number of para-hydroxylation sites is 2. The quantitative estimate of drug-likeness (QED) is 0.804. The van der Waals surface area contributed by atoms with Gasteiger partial charge in [0.05, 0.1) is 11.0 Å². The van der Waals surface area contributed by atoms with E-state index in [0.717, 1.165) is 16.6 Å². The van der Waals surface area contributed by atoms with E-state index in [9.17, 15) is 9.00 Å². The van der Waals surface area contributed by atoms with Gasteiger partial charge in [-0.1, -0.05) is 24.3 Å². The summed E-state index contributed by atoms with van der Waals surface area (Å²) in [5.74, 6) is 0.210. The molecule has 1 N–H and O–H groups in total. The smallest absolute Gasteiger partial charge is 0.267 e. The molecule has 0 aliphatic heterocycles. The van der Waals surface area contributed by atoms with Gasteiger partial charge in [-0.3, -0.25) is 14.4 Å². The molecule has 0 spiro atoms. The van der Waals surface area contributed by atoms with E-state index in [0.29, 0.717) is 11.3 Å².